The molecule has 0 spiro atoms. The van der Waals surface area contributed by atoms with Crippen molar-refractivity contribution < 1.29 is 14.6 Å². The van der Waals surface area contributed by atoms with E-state index in [4.69, 9.17) is 9.47 Å². The summed E-state index contributed by atoms with van der Waals surface area (Å²) < 4.78 is 10.4. The summed E-state index contributed by atoms with van der Waals surface area (Å²) in [5, 5.41) is 9.65. The summed E-state index contributed by atoms with van der Waals surface area (Å²) in [5.74, 6) is 1.52. The van der Waals surface area contributed by atoms with Gasteiger partial charge >= 0.3 is 0 Å². The van der Waals surface area contributed by atoms with Crippen LogP contribution in [-0.2, 0) is 0 Å². The smallest absolute Gasteiger partial charge is 0.148 e. The molecule has 98 valence electrons. The van der Waals surface area contributed by atoms with E-state index in [9.17, 15) is 5.11 Å². The Morgan fingerprint density at radius 2 is 1.84 bits per heavy atom. The van der Waals surface area contributed by atoms with Crippen LogP contribution in [0.4, 0.5) is 5.69 Å². The second kappa shape index (κ2) is 5.91. The minimum absolute atomic E-state index is 0.193. The third-order valence-electron chi connectivity index (χ3n) is 2.67. The molecule has 2 aromatic carbocycles. The number of phenolic OH excluding ortho intramolecular Hbond substituents is 1. The fourth-order valence-corrected chi connectivity index (χ4v) is 1.63. The van der Waals surface area contributed by atoms with Gasteiger partial charge < -0.3 is 14.6 Å². The molecule has 0 unspecified atom stereocenters. The van der Waals surface area contributed by atoms with Crippen LogP contribution in [0.3, 0.4) is 0 Å². The molecule has 0 aliphatic carbocycles. The molecule has 4 nitrogen and oxygen atoms in total. The van der Waals surface area contributed by atoms with E-state index in [-0.39, 0.29) is 5.75 Å². The van der Waals surface area contributed by atoms with Crippen molar-refractivity contribution >= 4 is 11.9 Å². The lowest BCUT2D eigenvalue weighted by molar-refractivity contribution is 0.395. The topological polar surface area (TPSA) is 51.0 Å². The van der Waals surface area contributed by atoms with Crippen molar-refractivity contribution in [1.29, 1.82) is 0 Å². The van der Waals surface area contributed by atoms with Gasteiger partial charge in [0.15, 0.2) is 0 Å². The number of benzene rings is 2. The number of phenols is 1. The van der Waals surface area contributed by atoms with Gasteiger partial charge in [0.1, 0.15) is 22.9 Å². The van der Waals surface area contributed by atoms with Gasteiger partial charge in [0.05, 0.1) is 14.2 Å². The molecule has 0 heterocycles. The van der Waals surface area contributed by atoms with Crippen LogP contribution < -0.4 is 9.47 Å². The SMILES string of the molecule is COc1ccc(N=Cc2ccccc2O)c(OC)c1. The van der Waals surface area contributed by atoms with Gasteiger partial charge in [-0.05, 0) is 24.3 Å². The van der Waals surface area contributed by atoms with E-state index < -0.39 is 0 Å². The van der Waals surface area contributed by atoms with Crippen molar-refractivity contribution in [2.24, 2.45) is 4.99 Å². The van der Waals surface area contributed by atoms with Crippen molar-refractivity contribution in [3.05, 3.63) is 48.0 Å². The number of hydrogen-bond acceptors (Lipinski definition) is 4. The van der Waals surface area contributed by atoms with Gasteiger partial charge in [-0.15, -0.1) is 0 Å². The summed E-state index contributed by atoms with van der Waals surface area (Å²) in [6, 6.07) is 12.4. The Labute approximate surface area is 111 Å². The normalized spacial score (nSPS) is 10.6. The Kier molecular flexibility index (Phi) is 4.03. The zero-order chi connectivity index (χ0) is 13.7. The number of hydrogen-bond donors (Lipinski definition) is 1. The van der Waals surface area contributed by atoms with Crippen molar-refractivity contribution in [3.63, 3.8) is 0 Å². The first-order valence-corrected chi connectivity index (χ1v) is 5.78. The highest BCUT2D eigenvalue weighted by Crippen LogP contribution is 2.31. The molecule has 0 aliphatic heterocycles. The Balaban J connectivity index is 2.30. The molecule has 19 heavy (non-hydrogen) atoms. The van der Waals surface area contributed by atoms with E-state index in [1.807, 2.05) is 6.07 Å². The molecule has 0 saturated heterocycles. The number of nitrogens with zero attached hydrogens (tertiary/aromatic N) is 1. The van der Waals surface area contributed by atoms with Crippen LogP contribution in [0.15, 0.2) is 47.5 Å². The average Bonchev–Trinajstić information content (AvgIpc) is 2.46. The van der Waals surface area contributed by atoms with Crippen molar-refractivity contribution in [3.8, 4) is 17.2 Å². The minimum atomic E-state index is 0.193. The van der Waals surface area contributed by atoms with Gasteiger partial charge in [0, 0.05) is 17.8 Å². The molecule has 0 radical (unpaired) electrons. The zero-order valence-corrected chi connectivity index (χ0v) is 10.8. The maximum Gasteiger partial charge on any atom is 0.148 e. The molecule has 0 aliphatic rings. The van der Waals surface area contributed by atoms with E-state index in [1.165, 1.54) is 0 Å². The Morgan fingerprint density at radius 3 is 2.53 bits per heavy atom. The van der Waals surface area contributed by atoms with Gasteiger partial charge in [-0.25, -0.2) is 0 Å². The monoisotopic (exact) mass is 257 g/mol. The molecule has 0 saturated carbocycles. The molecule has 0 bridgehead atoms. The van der Waals surface area contributed by atoms with Gasteiger partial charge in [-0.2, -0.15) is 0 Å². The van der Waals surface area contributed by atoms with Crippen molar-refractivity contribution in [2.45, 2.75) is 0 Å². The molecule has 0 aromatic heterocycles. The van der Waals surface area contributed by atoms with Gasteiger partial charge in [0.2, 0.25) is 0 Å². The Bertz CT molecular complexity index is 594. The van der Waals surface area contributed by atoms with E-state index in [2.05, 4.69) is 4.99 Å². The number of aliphatic imine (C=N–C) groups is 1. The first-order valence-electron chi connectivity index (χ1n) is 5.78. The fraction of sp³-hybridized carbons (Fsp3) is 0.133. The maximum atomic E-state index is 9.65. The summed E-state index contributed by atoms with van der Waals surface area (Å²) in [6.07, 6.45) is 1.60. The van der Waals surface area contributed by atoms with E-state index >= 15 is 0 Å². The molecule has 0 amide bonds. The van der Waals surface area contributed by atoms with Crippen molar-refractivity contribution in [2.75, 3.05) is 14.2 Å². The van der Waals surface area contributed by atoms with Crippen LogP contribution in [0, 0.1) is 0 Å². The molecule has 0 fully saturated rings. The minimum Gasteiger partial charge on any atom is -0.507 e. The van der Waals surface area contributed by atoms with E-state index in [0.29, 0.717) is 22.7 Å². The predicted octanol–water partition coefficient (Wildman–Crippen LogP) is 3.16. The average molecular weight is 257 g/mol. The van der Waals surface area contributed by atoms with Crippen LogP contribution >= 0.6 is 0 Å². The summed E-state index contributed by atoms with van der Waals surface area (Å²) in [6.45, 7) is 0. The number of aromatic hydroxyl groups is 1. The van der Waals surface area contributed by atoms with Crippen LogP contribution in [0.2, 0.25) is 0 Å². The highest BCUT2D eigenvalue weighted by molar-refractivity contribution is 5.85. The van der Waals surface area contributed by atoms with Crippen LogP contribution in [0.25, 0.3) is 0 Å². The molecule has 4 heteroatoms. The van der Waals surface area contributed by atoms with Crippen molar-refractivity contribution in [1.82, 2.24) is 0 Å². The molecule has 2 rings (SSSR count). The number of ether oxygens (including phenoxy) is 2. The second-order valence-electron chi connectivity index (χ2n) is 3.85. The quantitative estimate of drug-likeness (QED) is 0.856. The third-order valence-corrected chi connectivity index (χ3v) is 2.67. The van der Waals surface area contributed by atoms with E-state index in [0.717, 1.165) is 0 Å². The van der Waals surface area contributed by atoms with Crippen LogP contribution in [0.1, 0.15) is 5.56 Å². The number of para-hydroxylation sites is 1. The highest BCUT2D eigenvalue weighted by atomic mass is 16.5. The molecular formula is C15H15NO3. The summed E-state index contributed by atoms with van der Waals surface area (Å²) in [5.41, 5.74) is 1.33. The summed E-state index contributed by atoms with van der Waals surface area (Å²) in [4.78, 5) is 4.32. The lowest BCUT2D eigenvalue weighted by atomic mass is 10.2. The summed E-state index contributed by atoms with van der Waals surface area (Å²) >= 11 is 0. The highest BCUT2D eigenvalue weighted by Gasteiger charge is 2.03. The van der Waals surface area contributed by atoms with E-state index in [1.54, 1.807) is 56.8 Å². The predicted molar refractivity (Wildman–Crippen MR) is 74.9 cm³/mol. The number of methoxy groups -OCH3 is 2. The first-order chi connectivity index (χ1) is 9.24. The third kappa shape index (κ3) is 3.04. The Hall–Kier alpha value is -2.49. The molecule has 0 atom stereocenters. The zero-order valence-electron chi connectivity index (χ0n) is 10.8. The summed E-state index contributed by atoms with van der Waals surface area (Å²) in [7, 11) is 3.17. The maximum absolute atomic E-state index is 9.65. The van der Waals surface area contributed by atoms with Crippen LogP contribution in [-0.4, -0.2) is 25.5 Å². The van der Waals surface area contributed by atoms with Gasteiger partial charge in [-0.3, -0.25) is 4.99 Å². The molecular weight excluding hydrogens is 242 g/mol. The Morgan fingerprint density at radius 1 is 1.05 bits per heavy atom. The van der Waals surface area contributed by atoms with Crippen LogP contribution in [0.5, 0.6) is 17.2 Å². The fourth-order valence-electron chi connectivity index (χ4n) is 1.63. The van der Waals surface area contributed by atoms with Gasteiger partial charge in [0.25, 0.3) is 0 Å². The lowest BCUT2D eigenvalue weighted by Gasteiger charge is -2.06. The first kappa shape index (κ1) is 13.0. The second-order valence-corrected chi connectivity index (χ2v) is 3.85. The standard InChI is InChI=1S/C15H15NO3/c1-18-12-7-8-13(15(9-12)19-2)16-10-11-5-3-4-6-14(11)17/h3-10,17H,1-2H3. The van der Waals surface area contributed by atoms with Gasteiger partial charge in [-0.1, -0.05) is 12.1 Å². The molecule has 2 aromatic rings. The largest absolute Gasteiger partial charge is 0.507 e. The number of rotatable bonds is 4. The lowest BCUT2D eigenvalue weighted by Crippen LogP contribution is -1.88. The molecule has 1 N–H and O–H groups in total.